The molecule has 0 aromatic heterocycles. The van der Waals surface area contributed by atoms with Gasteiger partial charge in [-0.3, -0.25) is 0 Å². The maximum Gasteiger partial charge on any atom is 0.0288 e. The maximum atomic E-state index is 3.50. The minimum atomic E-state index is 0.891. The van der Waals surface area contributed by atoms with Crippen molar-refractivity contribution in [2.75, 3.05) is 0 Å². The smallest absolute Gasteiger partial charge is 0.0288 e. The lowest BCUT2D eigenvalue weighted by atomic mass is 10.1. The Morgan fingerprint density at radius 2 is 1.50 bits per heavy atom. The minimum absolute atomic E-state index is 0.891. The highest BCUT2D eigenvalue weighted by atomic mass is 79.9. The molecule has 0 unspecified atom stereocenters. The molecule has 0 saturated heterocycles. The molecular formula is C15H13Br. The van der Waals surface area contributed by atoms with Crippen molar-refractivity contribution >= 4 is 28.1 Å². The molecule has 1 heteroatoms. The fraction of sp³-hybridized carbons (Fsp3) is 0.0667. The molecule has 0 bridgehead atoms. The summed E-state index contributed by atoms with van der Waals surface area (Å²) in [6.45, 7) is 0. The van der Waals surface area contributed by atoms with Crippen LogP contribution in [0.2, 0.25) is 0 Å². The molecule has 0 spiro atoms. The Balaban J connectivity index is 2.24. The van der Waals surface area contributed by atoms with Crippen LogP contribution in [-0.2, 0) is 5.33 Å². The van der Waals surface area contributed by atoms with E-state index < -0.39 is 0 Å². The number of rotatable bonds is 3. The van der Waals surface area contributed by atoms with Gasteiger partial charge in [0.05, 0.1) is 0 Å². The van der Waals surface area contributed by atoms with Gasteiger partial charge in [0.2, 0.25) is 0 Å². The van der Waals surface area contributed by atoms with Crippen LogP contribution >= 0.6 is 15.9 Å². The van der Waals surface area contributed by atoms with E-state index in [0.717, 1.165) is 5.33 Å². The minimum Gasteiger partial charge on any atom is -0.0876 e. The van der Waals surface area contributed by atoms with Gasteiger partial charge in [-0.2, -0.15) is 0 Å². The van der Waals surface area contributed by atoms with Gasteiger partial charge in [-0.1, -0.05) is 82.7 Å². The maximum absolute atomic E-state index is 3.50. The van der Waals surface area contributed by atoms with Crippen LogP contribution in [0.1, 0.15) is 16.7 Å². The van der Waals surface area contributed by atoms with Crippen LogP contribution in [-0.4, -0.2) is 0 Å². The van der Waals surface area contributed by atoms with Crippen molar-refractivity contribution in [3.63, 3.8) is 0 Å². The molecule has 0 N–H and O–H groups in total. The Labute approximate surface area is 105 Å². The highest BCUT2D eigenvalue weighted by Crippen LogP contribution is 2.15. The molecule has 2 rings (SSSR count). The summed E-state index contributed by atoms with van der Waals surface area (Å²) in [4.78, 5) is 0. The molecule has 80 valence electrons. The van der Waals surface area contributed by atoms with Gasteiger partial charge in [0, 0.05) is 5.33 Å². The number of hydrogen-bond acceptors (Lipinski definition) is 0. The summed E-state index contributed by atoms with van der Waals surface area (Å²) in [6.07, 6.45) is 4.30. The van der Waals surface area contributed by atoms with Gasteiger partial charge in [0.25, 0.3) is 0 Å². The van der Waals surface area contributed by atoms with Gasteiger partial charge in [0.1, 0.15) is 0 Å². The van der Waals surface area contributed by atoms with Gasteiger partial charge >= 0.3 is 0 Å². The first kappa shape index (κ1) is 11.2. The van der Waals surface area contributed by atoms with Crippen LogP contribution < -0.4 is 0 Å². The Bertz CT molecular complexity index is 472. The molecule has 2 aromatic rings. The van der Waals surface area contributed by atoms with Crippen molar-refractivity contribution in [2.24, 2.45) is 0 Å². The van der Waals surface area contributed by atoms with Crippen molar-refractivity contribution in [2.45, 2.75) is 5.33 Å². The summed E-state index contributed by atoms with van der Waals surface area (Å²) in [5.41, 5.74) is 3.81. The fourth-order valence-corrected chi connectivity index (χ4v) is 2.08. The van der Waals surface area contributed by atoms with Crippen LogP contribution in [0.25, 0.3) is 12.2 Å². The van der Waals surface area contributed by atoms with Crippen LogP contribution in [0.4, 0.5) is 0 Å². The Hall–Kier alpha value is -1.34. The summed E-state index contributed by atoms with van der Waals surface area (Å²) in [5, 5.41) is 0.891. The topological polar surface area (TPSA) is 0 Å². The average molecular weight is 273 g/mol. The van der Waals surface area contributed by atoms with Crippen molar-refractivity contribution in [3.8, 4) is 0 Å². The number of hydrogen-bond donors (Lipinski definition) is 0. The van der Waals surface area contributed by atoms with Crippen LogP contribution in [0.15, 0.2) is 54.6 Å². The molecule has 0 amide bonds. The summed E-state index contributed by atoms with van der Waals surface area (Å²) >= 11 is 3.50. The Morgan fingerprint density at radius 3 is 2.25 bits per heavy atom. The molecule has 0 aliphatic carbocycles. The lowest BCUT2D eigenvalue weighted by Gasteiger charge is -2.01. The number of alkyl halides is 1. The zero-order valence-corrected chi connectivity index (χ0v) is 10.5. The van der Waals surface area contributed by atoms with E-state index >= 15 is 0 Å². The van der Waals surface area contributed by atoms with Crippen molar-refractivity contribution in [1.82, 2.24) is 0 Å². The summed E-state index contributed by atoms with van der Waals surface area (Å²) in [6, 6.07) is 18.7. The van der Waals surface area contributed by atoms with Crippen LogP contribution in [0.5, 0.6) is 0 Å². The third kappa shape index (κ3) is 2.83. The zero-order valence-electron chi connectivity index (χ0n) is 8.94. The average Bonchev–Trinajstić information content (AvgIpc) is 2.38. The zero-order chi connectivity index (χ0) is 11.2. The highest BCUT2D eigenvalue weighted by molar-refractivity contribution is 9.08. The first-order valence-electron chi connectivity index (χ1n) is 5.27. The van der Waals surface area contributed by atoms with Gasteiger partial charge < -0.3 is 0 Å². The SMILES string of the molecule is BrCc1ccccc1/C=C\c1ccccc1. The predicted molar refractivity (Wildman–Crippen MR) is 74.4 cm³/mol. The van der Waals surface area contributed by atoms with Gasteiger partial charge in [-0.15, -0.1) is 0 Å². The van der Waals surface area contributed by atoms with Gasteiger partial charge in [-0.25, -0.2) is 0 Å². The van der Waals surface area contributed by atoms with E-state index in [1.54, 1.807) is 0 Å². The lowest BCUT2D eigenvalue weighted by Crippen LogP contribution is -1.82. The van der Waals surface area contributed by atoms with Gasteiger partial charge in [0.15, 0.2) is 0 Å². The molecule has 0 nitrogen and oxygen atoms in total. The van der Waals surface area contributed by atoms with Crippen molar-refractivity contribution < 1.29 is 0 Å². The molecule has 0 saturated carbocycles. The number of benzene rings is 2. The second-order valence-corrected chi connectivity index (χ2v) is 4.14. The molecule has 0 heterocycles. The summed E-state index contributed by atoms with van der Waals surface area (Å²) in [5.74, 6) is 0. The standard InChI is InChI=1S/C15H13Br/c16-12-15-9-5-4-8-14(15)11-10-13-6-2-1-3-7-13/h1-11H,12H2/b11-10-. The summed E-state index contributed by atoms with van der Waals surface area (Å²) in [7, 11) is 0. The molecule has 0 aliphatic heterocycles. The van der Waals surface area contributed by atoms with Crippen molar-refractivity contribution in [3.05, 3.63) is 71.3 Å². The molecule has 0 radical (unpaired) electrons. The molecule has 0 fully saturated rings. The Morgan fingerprint density at radius 1 is 0.812 bits per heavy atom. The number of halogens is 1. The second-order valence-electron chi connectivity index (χ2n) is 3.58. The molecular weight excluding hydrogens is 260 g/mol. The summed E-state index contributed by atoms with van der Waals surface area (Å²) < 4.78 is 0. The van der Waals surface area contributed by atoms with Crippen molar-refractivity contribution in [1.29, 1.82) is 0 Å². The van der Waals surface area contributed by atoms with E-state index in [0.29, 0.717) is 0 Å². The third-order valence-corrected chi connectivity index (χ3v) is 3.06. The lowest BCUT2D eigenvalue weighted by molar-refractivity contribution is 1.41. The van der Waals surface area contributed by atoms with Gasteiger partial charge in [-0.05, 0) is 16.7 Å². The van der Waals surface area contributed by atoms with E-state index in [1.807, 2.05) is 6.07 Å². The quantitative estimate of drug-likeness (QED) is 0.559. The first-order valence-corrected chi connectivity index (χ1v) is 6.39. The van der Waals surface area contributed by atoms with Crippen LogP contribution in [0, 0.1) is 0 Å². The highest BCUT2D eigenvalue weighted by Gasteiger charge is 1.95. The van der Waals surface area contributed by atoms with E-state index in [-0.39, 0.29) is 0 Å². The molecule has 0 atom stereocenters. The third-order valence-electron chi connectivity index (χ3n) is 2.45. The normalized spacial score (nSPS) is 10.8. The Kier molecular flexibility index (Phi) is 3.95. The molecule has 16 heavy (non-hydrogen) atoms. The molecule has 2 aromatic carbocycles. The van der Waals surface area contributed by atoms with E-state index in [1.165, 1.54) is 16.7 Å². The van der Waals surface area contributed by atoms with E-state index in [4.69, 9.17) is 0 Å². The fourth-order valence-electron chi connectivity index (χ4n) is 1.57. The predicted octanol–water partition coefficient (Wildman–Crippen LogP) is 4.75. The van der Waals surface area contributed by atoms with E-state index in [9.17, 15) is 0 Å². The second kappa shape index (κ2) is 5.66. The monoisotopic (exact) mass is 272 g/mol. The van der Waals surface area contributed by atoms with Crippen LogP contribution in [0.3, 0.4) is 0 Å². The first-order chi connectivity index (χ1) is 7.90. The van der Waals surface area contributed by atoms with E-state index in [2.05, 4.69) is 76.6 Å². The largest absolute Gasteiger partial charge is 0.0876 e. The molecule has 0 aliphatic rings.